The van der Waals surface area contributed by atoms with Crippen LogP contribution in [-0.2, 0) is 19.6 Å². The molecule has 0 unspecified atom stereocenters. The molecule has 6 nitrogen and oxygen atoms in total. The highest BCUT2D eigenvalue weighted by Crippen LogP contribution is 2.40. The molecule has 3 fully saturated rings. The van der Waals surface area contributed by atoms with E-state index >= 15 is 0 Å². The zero-order valence-corrected chi connectivity index (χ0v) is 14.1. The minimum absolute atomic E-state index is 0.137. The standard InChI is InChI=1S/C15H26N2O4S/c1-2-22(19,20)17-11-7-15(8-12-17)6-5-13(21-15)14(18)16-9-3-4-10-16/h13H,2-12H2,1H3/t13-/m1/s1. The van der Waals surface area contributed by atoms with Crippen LogP contribution in [0.15, 0.2) is 0 Å². The van der Waals surface area contributed by atoms with Crippen LogP contribution in [0, 0.1) is 0 Å². The van der Waals surface area contributed by atoms with Gasteiger partial charge in [-0.05, 0) is 45.4 Å². The Bertz CT molecular complexity index is 520. The summed E-state index contributed by atoms with van der Waals surface area (Å²) >= 11 is 0. The molecule has 22 heavy (non-hydrogen) atoms. The van der Waals surface area contributed by atoms with E-state index in [-0.39, 0.29) is 23.4 Å². The molecule has 7 heteroatoms. The first kappa shape index (κ1) is 16.2. The van der Waals surface area contributed by atoms with Gasteiger partial charge < -0.3 is 9.64 Å². The molecular weight excluding hydrogens is 304 g/mol. The smallest absolute Gasteiger partial charge is 0.251 e. The molecule has 0 aromatic carbocycles. The van der Waals surface area contributed by atoms with Crippen LogP contribution in [0.2, 0.25) is 0 Å². The minimum Gasteiger partial charge on any atom is -0.362 e. The summed E-state index contributed by atoms with van der Waals surface area (Å²) in [6, 6.07) is 0. The Labute approximate surface area is 132 Å². The predicted molar refractivity (Wildman–Crippen MR) is 82.9 cm³/mol. The lowest BCUT2D eigenvalue weighted by atomic mass is 9.89. The van der Waals surface area contributed by atoms with Gasteiger partial charge in [0.05, 0.1) is 11.4 Å². The largest absolute Gasteiger partial charge is 0.362 e. The summed E-state index contributed by atoms with van der Waals surface area (Å²) in [6.45, 7) is 4.42. The highest BCUT2D eigenvalue weighted by Gasteiger charge is 2.46. The van der Waals surface area contributed by atoms with E-state index in [9.17, 15) is 13.2 Å². The second kappa shape index (κ2) is 6.09. The third kappa shape index (κ3) is 3.03. The lowest BCUT2D eigenvalue weighted by molar-refractivity contribution is -0.149. The van der Waals surface area contributed by atoms with Crippen molar-refractivity contribution >= 4 is 15.9 Å². The Morgan fingerprint density at radius 3 is 2.36 bits per heavy atom. The normalized spacial score (nSPS) is 29.3. The minimum atomic E-state index is -3.11. The van der Waals surface area contributed by atoms with E-state index in [1.165, 1.54) is 0 Å². The SMILES string of the molecule is CCS(=O)(=O)N1CCC2(CC[C@H](C(=O)N3CCCC3)O2)CC1. The quantitative estimate of drug-likeness (QED) is 0.773. The number of likely N-dealkylation sites (tertiary alicyclic amines) is 1. The van der Waals surface area contributed by atoms with E-state index in [0.29, 0.717) is 25.9 Å². The number of rotatable bonds is 3. The van der Waals surface area contributed by atoms with E-state index in [2.05, 4.69) is 0 Å². The highest BCUT2D eigenvalue weighted by atomic mass is 32.2. The average molecular weight is 330 g/mol. The molecule has 1 spiro atoms. The first-order valence-corrected chi connectivity index (χ1v) is 10.0. The van der Waals surface area contributed by atoms with Gasteiger partial charge in [0.15, 0.2) is 0 Å². The molecule has 0 aromatic heterocycles. The van der Waals surface area contributed by atoms with Gasteiger partial charge in [0.25, 0.3) is 5.91 Å². The molecule has 0 radical (unpaired) electrons. The third-order valence-corrected chi connectivity index (χ3v) is 7.22. The number of carbonyl (C=O) groups is 1. The van der Waals surface area contributed by atoms with Crippen molar-refractivity contribution in [3.8, 4) is 0 Å². The van der Waals surface area contributed by atoms with Crippen molar-refractivity contribution in [2.24, 2.45) is 0 Å². The molecule has 1 amide bonds. The van der Waals surface area contributed by atoms with E-state index in [0.717, 1.165) is 38.8 Å². The topological polar surface area (TPSA) is 66.9 Å². The average Bonchev–Trinajstić information content (AvgIpc) is 3.17. The van der Waals surface area contributed by atoms with Gasteiger partial charge in [0.2, 0.25) is 10.0 Å². The van der Waals surface area contributed by atoms with Crippen molar-refractivity contribution in [2.75, 3.05) is 31.9 Å². The Hall–Kier alpha value is -0.660. The van der Waals surface area contributed by atoms with Crippen LogP contribution in [0.3, 0.4) is 0 Å². The zero-order chi connectivity index (χ0) is 15.8. The summed E-state index contributed by atoms with van der Waals surface area (Å²) in [7, 11) is -3.11. The van der Waals surface area contributed by atoms with Crippen LogP contribution in [0.4, 0.5) is 0 Å². The van der Waals surface area contributed by atoms with Crippen LogP contribution in [0.1, 0.15) is 45.4 Å². The summed E-state index contributed by atoms with van der Waals surface area (Å²) in [5.74, 6) is 0.287. The number of amides is 1. The van der Waals surface area contributed by atoms with Crippen LogP contribution in [0.25, 0.3) is 0 Å². The fourth-order valence-electron chi connectivity index (χ4n) is 3.85. The van der Waals surface area contributed by atoms with Crippen molar-refractivity contribution in [3.05, 3.63) is 0 Å². The van der Waals surface area contributed by atoms with Gasteiger partial charge in [-0.2, -0.15) is 0 Å². The van der Waals surface area contributed by atoms with Gasteiger partial charge in [0.1, 0.15) is 6.10 Å². The molecule has 3 rings (SSSR count). The van der Waals surface area contributed by atoms with Gasteiger partial charge in [-0.25, -0.2) is 12.7 Å². The maximum Gasteiger partial charge on any atom is 0.251 e. The summed E-state index contributed by atoms with van der Waals surface area (Å²) in [5, 5.41) is 0. The maximum atomic E-state index is 12.4. The molecule has 3 saturated heterocycles. The van der Waals surface area contributed by atoms with Crippen molar-refractivity contribution < 1.29 is 17.9 Å². The lowest BCUT2D eigenvalue weighted by Gasteiger charge is -2.38. The second-order valence-corrected chi connectivity index (χ2v) is 8.92. The van der Waals surface area contributed by atoms with Gasteiger partial charge in [-0.1, -0.05) is 0 Å². The fourth-order valence-corrected chi connectivity index (χ4v) is 4.96. The number of ether oxygens (including phenoxy) is 1. The number of carbonyl (C=O) groups excluding carboxylic acids is 1. The Morgan fingerprint density at radius 2 is 1.77 bits per heavy atom. The maximum absolute atomic E-state index is 12.4. The fraction of sp³-hybridized carbons (Fsp3) is 0.933. The Balaban J connectivity index is 1.57. The van der Waals surface area contributed by atoms with Gasteiger partial charge in [0, 0.05) is 26.2 Å². The number of nitrogens with zero attached hydrogens (tertiary/aromatic N) is 2. The molecule has 0 saturated carbocycles. The second-order valence-electron chi connectivity index (χ2n) is 6.66. The van der Waals surface area contributed by atoms with Gasteiger partial charge in [-0.3, -0.25) is 4.79 Å². The zero-order valence-electron chi connectivity index (χ0n) is 13.3. The van der Waals surface area contributed by atoms with E-state index in [1.807, 2.05) is 4.90 Å². The van der Waals surface area contributed by atoms with Crippen molar-refractivity contribution in [1.82, 2.24) is 9.21 Å². The van der Waals surface area contributed by atoms with Gasteiger partial charge >= 0.3 is 0 Å². The third-order valence-electron chi connectivity index (χ3n) is 5.34. The molecule has 126 valence electrons. The molecule has 0 bridgehead atoms. The van der Waals surface area contributed by atoms with E-state index < -0.39 is 10.0 Å². The Morgan fingerprint density at radius 1 is 1.14 bits per heavy atom. The van der Waals surface area contributed by atoms with Crippen LogP contribution in [0.5, 0.6) is 0 Å². The molecule has 0 aliphatic carbocycles. The summed E-state index contributed by atoms with van der Waals surface area (Å²) in [4.78, 5) is 14.4. The molecular formula is C15H26N2O4S. The Kier molecular flexibility index (Phi) is 4.49. The van der Waals surface area contributed by atoms with Crippen LogP contribution in [-0.4, -0.2) is 67.2 Å². The van der Waals surface area contributed by atoms with Crippen LogP contribution >= 0.6 is 0 Å². The summed E-state index contributed by atoms with van der Waals surface area (Å²) in [5.41, 5.74) is -0.278. The van der Waals surface area contributed by atoms with Crippen molar-refractivity contribution in [1.29, 1.82) is 0 Å². The number of hydrogen-bond acceptors (Lipinski definition) is 4. The molecule has 3 aliphatic heterocycles. The summed E-state index contributed by atoms with van der Waals surface area (Å²) in [6.07, 6.45) is 4.92. The predicted octanol–water partition coefficient (Wildman–Crippen LogP) is 0.972. The molecule has 3 aliphatic rings. The number of sulfonamides is 1. The summed E-state index contributed by atoms with van der Waals surface area (Å²) < 4.78 is 31.6. The number of piperidine rings is 1. The first-order valence-electron chi connectivity index (χ1n) is 8.40. The van der Waals surface area contributed by atoms with Crippen molar-refractivity contribution in [3.63, 3.8) is 0 Å². The van der Waals surface area contributed by atoms with Crippen LogP contribution < -0.4 is 0 Å². The molecule has 1 atom stereocenters. The van der Waals surface area contributed by atoms with Crippen molar-refractivity contribution in [2.45, 2.75) is 57.2 Å². The first-order chi connectivity index (χ1) is 10.5. The van der Waals surface area contributed by atoms with E-state index in [4.69, 9.17) is 4.74 Å². The molecule has 0 aromatic rings. The number of hydrogen-bond donors (Lipinski definition) is 0. The monoisotopic (exact) mass is 330 g/mol. The molecule has 3 heterocycles. The molecule has 0 N–H and O–H groups in total. The lowest BCUT2D eigenvalue weighted by Crippen LogP contribution is -2.48. The highest BCUT2D eigenvalue weighted by molar-refractivity contribution is 7.89. The van der Waals surface area contributed by atoms with Gasteiger partial charge in [-0.15, -0.1) is 0 Å². The van der Waals surface area contributed by atoms with E-state index in [1.54, 1.807) is 11.2 Å².